The van der Waals surface area contributed by atoms with Crippen molar-refractivity contribution in [1.82, 2.24) is 9.47 Å². The summed E-state index contributed by atoms with van der Waals surface area (Å²) in [4.78, 5) is 25.6. The summed E-state index contributed by atoms with van der Waals surface area (Å²) < 4.78 is 21.6. The molecule has 6 nitrogen and oxygen atoms in total. The van der Waals surface area contributed by atoms with Crippen LogP contribution in [0.15, 0.2) is 34.9 Å². The molecule has 0 bridgehead atoms. The molecule has 0 saturated heterocycles. The fraction of sp³-hybridized carbons (Fsp3) is 0.294. The Bertz CT molecular complexity index is 836. The lowest BCUT2D eigenvalue weighted by molar-refractivity contribution is -0.138. The van der Waals surface area contributed by atoms with Crippen molar-refractivity contribution in [3.63, 3.8) is 0 Å². The van der Waals surface area contributed by atoms with Gasteiger partial charge in [0.05, 0.1) is 19.6 Å². The molecule has 2 aromatic rings. The first kappa shape index (κ1) is 17.5. The van der Waals surface area contributed by atoms with Gasteiger partial charge in [0.1, 0.15) is 5.69 Å². The van der Waals surface area contributed by atoms with Gasteiger partial charge in [0.25, 0.3) is 5.91 Å². The summed E-state index contributed by atoms with van der Waals surface area (Å²) in [6.45, 7) is 0.889. The molecule has 1 aromatic carbocycles. The van der Waals surface area contributed by atoms with Crippen LogP contribution in [0.1, 0.15) is 28.5 Å². The fourth-order valence-electron chi connectivity index (χ4n) is 3.06. The molecule has 0 unspecified atom stereocenters. The molecule has 0 radical (unpaired) electrons. The average molecular weight is 411 g/mol. The molecular weight excluding hydrogens is 395 g/mol. The first-order valence-electron chi connectivity index (χ1n) is 7.62. The number of carboxylic acid groups (broad SMARTS) is 1. The van der Waals surface area contributed by atoms with Crippen molar-refractivity contribution in [3.8, 4) is 5.75 Å². The number of fused-ring (bicyclic) bond motifs is 1. The highest BCUT2D eigenvalue weighted by Gasteiger charge is 2.33. The molecule has 2 heterocycles. The van der Waals surface area contributed by atoms with Gasteiger partial charge in [-0.1, -0.05) is 6.07 Å². The van der Waals surface area contributed by atoms with E-state index in [1.165, 1.54) is 24.1 Å². The number of nitrogens with zero attached hydrogens (tertiary/aromatic N) is 2. The van der Waals surface area contributed by atoms with Crippen molar-refractivity contribution in [2.45, 2.75) is 19.0 Å². The van der Waals surface area contributed by atoms with E-state index in [0.29, 0.717) is 24.3 Å². The number of hydrogen-bond acceptors (Lipinski definition) is 3. The van der Waals surface area contributed by atoms with Gasteiger partial charge in [-0.3, -0.25) is 9.59 Å². The lowest BCUT2D eigenvalue weighted by Crippen LogP contribution is -2.43. The molecule has 1 N–H and O–H groups in total. The Labute approximate surface area is 151 Å². The highest BCUT2D eigenvalue weighted by Crippen LogP contribution is 2.32. The Hall–Kier alpha value is -2.35. The molecule has 25 heavy (non-hydrogen) atoms. The van der Waals surface area contributed by atoms with Crippen LogP contribution in [0, 0.1) is 5.82 Å². The van der Waals surface area contributed by atoms with E-state index in [4.69, 9.17) is 4.74 Å². The van der Waals surface area contributed by atoms with Gasteiger partial charge in [-0.2, -0.15) is 0 Å². The monoisotopic (exact) mass is 410 g/mol. The molecular formula is C17H16BrFN2O4. The number of ether oxygens (including phenoxy) is 1. The van der Waals surface area contributed by atoms with Crippen molar-refractivity contribution in [2.75, 3.05) is 13.7 Å². The van der Waals surface area contributed by atoms with Crippen LogP contribution in [0.2, 0.25) is 0 Å². The predicted octanol–water partition coefficient (Wildman–Crippen LogP) is 3.07. The molecule has 132 valence electrons. The fourth-order valence-corrected chi connectivity index (χ4v) is 3.53. The van der Waals surface area contributed by atoms with Gasteiger partial charge < -0.3 is 19.3 Å². The Balaban J connectivity index is 1.98. The van der Waals surface area contributed by atoms with Crippen molar-refractivity contribution in [1.29, 1.82) is 0 Å². The number of methoxy groups -OCH3 is 1. The van der Waals surface area contributed by atoms with E-state index in [1.807, 2.05) is 10.8 Å². The smallest absolute Gasteiger partial charge is 0.305 e. The van der Waals surface area contributed by atoms with Crippen molar-refractivity contribution in [3.05, 3.63) is 52.0 Å². The lowest BCUT2D eigenvalue weighted by Gasteiger charge is -2.35. The van der Waals surface area contributed by atoms with Crippen LogP contribution in [0.4, 0.5) is 4.39 Å². The zero-order valence-electron chi connectivity index (χ0n) is 13.4. The largest absolute Gasteiger partial charge is 0.494 e. The zero-order valence-corrected chi connectivity index (χ0v) is 15.0. The second-order valence-electron chi connectivity index (χ2n) is 5.74. The molecule has 1 amide bonds. The number of halogens is 2. The summed E-state index contributed by atoms with van der Waals surface area (Å²) in [5.41, 5.74) is 0.899. The Kier molecular flexibility index (Phi) is 4.80. The first-order chi connectivity index (χ1) is 11.9. The second kappa shape index (κ2) is 6.87. The number of rotatable bonds is 5. The minimum Gasteiger partial charge on any atom is -0.494 e. The van der Waals surface area contributed by atoms with Gasteiger partial charge >= 0.3 is 5.97 Å². The van der Waals surface area contributed by atoms with E-state index in [-0.39, 0.29) is 18.1 Å². The van der Waals surface area contributed by atoms with E-state index >= 15 is 0 Å². The van der Waals surface area contributed by atoms with Crippen LogP contribution in [0.5, 0.6) is 5.75 Å². The minimum atomic E-state index is -1.06. The summed E-state index contributed by atoms with van der Waals surface area (Å²) in [6.07, 6.45) is 1.50. The maximum atomic E-state index is 14.1. The van der Waals surface area contributed by atoms with Crippen molar-refractivity contribution < 1.29 is 23.8 Å². The molecule has 0 fully saturated rings. The lowest BCUT2D eigenvalue weighted by atomic mass is 10.00. The van der Waals surface area contributed by atoms with Gasteiger partial charge in [-0.25, -0.2) is 4.39 Å². The predicted molar refractivity (Wildman–Crippen MR) is 91.1 cm³/mol. The molecule has 1 aliphatic rings. The van der Waals surface area contributed by atoms with Crippen LogP contribution in [0.3, 0.4) is 0 Å². The number of benzene rings is 1. The number of hydrogen-bond donors (Lipinski definition) is 1. The van der Waals surface area contributed by atoms with Crippen LogP contribution >= 0.6 is 15.9 Å². The number of amides is 1. The Morgan fingerprint density at radius 3 is 2.80 bits per heavy atom. The SMILES string of the molecule is COc1ccc([C@H](CC(=O)O)N2CCn3cc(Br)cc3C2=O)cc1F. The summed E-state index contributed by atoms with van der Waals surface area (Å²) >= 11 is 3.34. The van der Waals surface area contributed by atoms with Crippen molar-refractivity contribution >= 4 is 27.8 Å². The van der Waals surface area contributed by atoms with Gasteiger partial charge in [-0.15, -0.1) is 0 Å². The van der Waals surface area contributed by atoms with Gasteiger partial charge in [-0.05, 0) is 39.7 Å². The summed E-state index contributed by atoms with van der Waals surface area (Å²) in [5.74, 6) is -1.86. The maximum absolute atomic E-state index is 14.1. The van der Waals surface area contributed by atoms with Crippen molar-refractivity contribution in [2.24, 2.45) is 0 Å². The number of aromatic nitrogens is 1. The second-order valence-corrected chi connectivity index (χ2v) is 6.66. The normalized spacial score (nSPS) is 15.0. The zero-order chi connectivity index (χ0) is 18.1. The summed E-state index contributed by atoms with van der Waals surface area (Å²) in [5, 5.41) is 9.26. The standard InChI is InChI=1S/C17H16BrFN2O4/c1-25-15-3-2-10(6-12(15)19)13(8-16(22)23)21-5-4-20-9-11(18)7-14(20)17(21)24/h2-3,6-7,9,13H,4-5,8H2,1H3,(H,22,23)/t13-/m0/s1. The number of carbonyl (C=O) groups is 2. The van der Waals surface area contributed by atoms with Crippen LogP contribution < -0.4 is 4.74 Å². The summed E-state index contributed by atoms with van der Waals surface area (Å²) in [7, 11) is 1.35. The minimum absolute atomic E-state index is 0.0700. The van der Waals surface area contributed by atoms with Gasteiger partial charge in [0.15, 0.2) is 11.6 Å². The quantitative estimate of drug-likeness (QED) is 0.821. The number of carbonyl (C=O) groups excluding carboxylic acids is 1. The molecule has 1 atom stereocenters. The Morgan fingerprint density at radius 2 is 2.16 bits per heavy atom. The van der Waals surface area contributed by atoms with Gasteiger partial charge in [0.2, 0.25) is 0 Å². The van der Waals surface area contributed by atoms with E-state index in [9.17, 15) is 19.1 Å². The van der Waals surface area contributed by atoms with E-state index in [0.717, 1.165) is 4.47 Å². The average Bonchev–Trinajstić information content (AvgIpc) is 2.94. The molecule has 1 aromatic heterocycles. The van der Waals surface area contributed by atoms with E-state index in [2.05, 4.69) is 15.9 Å². The topological polar surface area (TPSA) is 71.8 Å². The van der Waals surface area contributed by atoms with E-state index < -0.39 is 17.8 Å². The highest BCUT2D eigenvalue weighted by atomic mass is 79.9. The number of carboxylic acids is 1. The maximum Gasteiger partial charge on any atom is 0.305 e. The molecule has 3 rings (SSSR count). The Morgan fingerprint density at radius 1 is 1.40 bits per heavy atom. The first-order valence-corrected chi connectivity index (χ1v) is 8.42. The third-order valence-corrected chi connectivity index (χ3v) is 4.66. The molecule has 0 spiro atoms. The third-order valence-electron chi connectivity index (χ3n) is 4.23. The molecule has 0 saturated carbocycles. The van der Waals surface area contributed by atoms with Crippen LogP contribution in [0.25, 0.3) is 0 Å². The highest BCUT2D eigenvalue weighted by molar-refractivity contribution is 9.10. The third kappa shape index (κ3) is 3.39. The molecule has 0 aliphatic carbocycles. The molecule has 8 heteroatoms. The van der Waals surface area contributed by atoms with Crippen LogP contribution in [-0.4, -0.2) is 40.1 Å². The van der Waals surface area contributed by atoms with Gasteiger partial charge in [0, 0.05) is 23.8 Å². The summed E-state index contributed by atoms with van der Waals surface area (Å²) in [6, 6.07) is 5.19. The van der Waals surface area contributed by atoms with Crippen LogP contribution in [-0.2, 0) is 11.3 Å². The van der Waals surface area contributed by atoms with E-state index in [1.54, 1.807) is 12.1 Å². The molecule has 1 aliphatic heterocycles. The number of aliphatic carboxylic acids is 1.